The van der Waals surface area contributed by atoms with Crippen molar-refractivity contribution in [1.29, 1.82) is 0 Å². The average Bonchev–Trinajstić information content (AvgIpc) is 2.93. The van der Waals surface area contributed by atoms with Gasteiger partial charge in [0, 0.05) is 6.20 Å². The molecule has 9 nitrogen and oxygen atoms in total. The van der Waals surface area contributed by atoms with Gasteiger partial charge in [0.05, 0.1) is 34.3 Å². The zero-order valence-corrected chi connectivity index (χ0v) is 21.0. The molecule has 5 rings (SSSR count). The summed E-state index contributed by atoms with van der Waals surface area (Å²) in [7, 11) is 0. The minimum atomic E-state index is -0.503. The van der Waals surface area contributed by atoms with Crippen LogP contribution >= 0.6 is 11.6 Å². The number of halogens is 1. The molecule has 3 heterocycles. The number of aromatic nitrogens is 5. The fraction of sp³-hybridized carbons (Fsp3) is 0.107. The Morgan fingerprint density at radius 1 is 1.08 bits per heavy atom. The van der Waals surface area contributed by atoms with Crippen LogP contribution in [0.1, 0.15) is 35.6 Å². The highest BCUT2D eigenvalue weighted by atomic mass is 35.5. The lowest BCUT2D eigenvalue weighted by atomic mass is 10.2. The highest BCUT2D eigenvalue weighted by molar-refractivity contribution is 6.35. The third-order valence-electron chi connectivity index (χ3n) is 5.83. The normalized spacial score (nSPS) is 11.6. The number of nitrogens with one attached hydrogen (secondary N) is 1. The van der Waals surface area contributed by atoms with Crippen LogP contribution in [-0.4, -0.2) is 29.6 Å². The molecule has 188 valence electrons. The molecule has 38 heavy (non-hydrogen) atoms. The molecule has 0 amide bonds. The van der Waals surface area contributed by atoms with Gasteiger partial charge in [-0.1, -0.05) is 41.8 Å². The zero-order valence-electron chi connectivity index (χ0n) is 20.3. The number of aliphatic hydroxyl groups is 1. The molecule has 0 aliphatic heterocycles. The van der Waals surface area contributed by atoms with E-state index in [0.29, 0.717) is 50.1 Å². The largest absolute Gasteiger partial charge is 0.392 e. The van der Waals surface area contributed by atoms with E-state index in [0.717, 1.165) is 0 Å². The molecule has 3 aromatic heterocycles. The Hall–Kier alpha value is -4.78. The summed E-state index contributed by atoms with van der Waals surface area (Å²) in [4.78, 5) is 31.1. The number of hydrogen-bond donors (Lipinski definition) is 3. The molecular formula is C28H22ClN7O2. The molecule has 4 N–H and O–H groups in total. The summed E-state index contributed by atoms with van der Waals surface area (Å²) >= 11 is 6.39. The quantitative estimate of drug-likeness (QED) is 0.296. The molecule has 10 heteroatoms. The highest BCUT2D eigenvalue weighted by Gasteiger charge is 2.21. The molecule has 5 aromatic rings. The van der Waals surface area contributed by atoms with Crippen LogP contribution in [0, 0.1) is 11.8 Å². The maximum atomic E-state index is 13.7. The predicted molar refractivity (Wildman–Crippen MR) is 147 cm³/mol. The van der Waals surface area contributed by atoms with Crippen molar-refractivity contribution in [2.24, 2.45) is 0 Å². The summed E-state index contributed by atoms with van der Waals surface area (Å²) in [6.45, 7) is 1.74. The van der Waals surface area contributed by atoms with Gasteiger partial charge in [-0.3, -0.25) is 9.36 Å². The first-order chi connectivity index (χ1) is 18.5. The molecular weight excluding hydrogens is 502 g/mol. The van der Waals surface area contributed by atoms with Crippen molar-refractivity contribution >= 4 is 34.1 Å². The number of hydrogen-bond acceptors (Lipinski definition) is 8. The Morgan fingerprint density at radius 2 is 1.89 bits per heavy atom. The summed E-state index contributed by atoms with van der Waals surface area (Å²) in [5.74, 6) is 6.94. The number of aliphatic hydroxyl groups excluding tert-OH is 1. The zero-order chi connectivity index (χ0) is 26.6. The molecule has 0 bridgehead atoms. The van der Waals surface area contributed by atoms with E-state index in [1.165, 1.54) is 10.9 Å². The summed E-state index contributed by atoms with van der Waals surface area (Å²) in [5, 5.41) is 13.3. The van der Waals surface area contributed by atoms with Crippen LogP contribution in [0.25, 0.3) is 16.6 Å². The SMILES string of the molecule is CC(Nc1ncnc(N)c1C#Cc1cc(CO)ccn1)c1nc2cccc(Cl)c2c(=O)n1-c1ccccc1. The first-order valence-corrected chi connectivity index (χ1v) is 12.1. The Kier molecular flexibility index (Phi) is 7.00. The maximum absolute atomic E-state index is 13.7. The number of para-hydroxylation sites is 1. The first-order valence-electron chi connectivity index (χ1n) is 11.7. The fourth-order valence-electron chi connectivity index (χ4n) is 3.99. The van der Waals surface area contributed by atoms with Crippen molar-refractivity contribution in [3.8, 4) is 17.5 Å². The lowest BCUT2D eigenvalue weighted by Crippen LogP contribution is -2.27. The molecule has 0 spiro atoms. The third-order valence-corrected chi connectivity index (χ3v) is 6.14. The average molecular weight is 524 g/mol. The van der Waals surface area contributed by atoms with E-state index < -0.39 is 6.04 Å². The van der Waals surface area contributed by atoms with E-state index in [-0.39, 0.29) is 18.0 Å². The number of fused-ring (bicyclic) bond motifs is 1. The van der Waals surface area contributed by atoms with Crippen molar-refractivity contribution in [2.45, 2.75) is 19.6 Å². The number of benzene rings is 2. The molecule has 0 radical (unpaired) electrons. The second kappa shape index (κ2) is 10.7. The molecule has 1 unspecified atom stereocenters. The van der Waals surface area contributed by atoms with Gasteiger partial charge in [-0.15, -0.1) is 0 Å². The van der Waals surface area contributed by atoms with Crippen LogP contribution in [0.3, 0.4) is 0 Å². The predicted octanol–water partition coefficient (Wildman–Crippen LogP) is 3.87. The van der Waals surface area contributed by atoms with Crippen molar-refractivity contribution < 1.29 is 5.11 Å². The minimum absolute atomic E-state index is 0.120. The summed E-state index contributed by atoms with van der Waals surface area (Å²) in [6.07, 6.45) is 2.90. The third kappa shape index (κ3) is 4.91. The number of nitrogens with two attached hydrogens (primary N) is 1. The van der Waals surface area contributed by atoms with Gasteiger partial charge in [0.25, 0.3) is 5.56 Å². The van der Waals surface area contributed by atoms with Crippen LogP contribution in [0.15, 0.2) is 78.0 Å². The van der Waals surface area contributed by atoms with Crippen LogP contribution < -0.4 is 16.6 Å². The fourth-order valence-corrected chi connectivity index (χ4v) is 4.24. The minimum Gasteiger partial charge on any atom is -0.392 e. The van der Waals surface area contributed by atoms with Crippen molar-refractivity contribution in [2.75, 3.05) is 11.1 Å². The smallest absolute Gasteiger partial charge is 0.267 e. The number of nitrogen functional groups attached to an aromatic ring is 1. The van der Waals surface area contributed by atoms with Crippen LogP contribution in [0.4, 0.5) is 11.6 Å². The van der Waals surface area contributed by atoms with Crippen molar-refractivity contribution in [1.82, 2.24) is 24.5 Å². The number of anilines is 2. The van der Waals surface area contributed by atoms with E-state index in [9.17, 15) is 9.90 Å². The number of pyridine rings is 1. The van der Waals surface area contributed by atoms with Gasteiger partial charge in [0.15, 0.2) is 0 Å². The Morgan fingerprint density at radius 3 is 2.68 bits per heavy atom. The van der Waals surface area contributed by atoms with E-state index in [2.05, 4.69) is 32.1 Å². The first kappa shape index (κ1) is 24.9. The van der Waals surface area contributed by atoms with E-state index in [4.69, 9.17) is 22.3 Å². The molecule has 0 aliphatic carbocycles. The van der Waals surface area contributed by atoms with Crippen LogP contribution in [0.2, 0.25) is 5.02 Å². The van der Waals surface area contributed by atoms with Gasteiger partial charge >= 0.3 is 0 Å². The number of rotatable bonds is 5. The van der Waals surface area contributed by atoms with Crippen molar-refractivity contribution in [3.63, 3.8) is 0 Å². The molecule has 0 aliphatic rings. The van der Waals surface area contributed by atoms with Crippen LogP contribution in [0.5, 0.6) is 0 Å². The molecule has 0 fully saturated rings. The molecule has 1 atom stereocenters. The lowest BCUT2D eigenvalue weighted by molar-refractivity contribution is 0.281. The summed E-state index contributed by atoms with van der Waals surface area (Å²) < 4.78 is 1.53. The van der Waals surface area contributed by atoms with Gasteiger partial charge in [0.1, 0.15) is 35.0 Å². The monoisotopic (exact) mass is 523 g/mol. The Labute approximate surface area is 223 Å². The molecule has 0 saturated heterocycles. The second-order valence-electron chi connectivity index (χ2n) is 8.39. The Bertz CT molecular complexity index is 1760. The van der Waals surface area contributed by atoms with Crippen LogP contribution in [-0.2, 0) is 6.61 Å². The van der Waals surface area contributed by atoms with E-state index in [1.807, 2.05) is 37.3 Å². The van der Waals surface area contributed by atoms with Gasteiger partial charge < -0.3 is 16.2 Å². The molecule has 2 aromatic carbocycles. The topological polar surface area (TPSA) is 132 Å². The lowest BCUT2D eigenvalue weighted by Gasteiger charge is -2.21. The number of nitrogens with zero attached hydrogens (tertiary/aromatic N) is 5. The standard InChI is InChI=1S/C28H22ClN7O2/c1-17(34-26-21(25(30)32-16-33-26)11-10-19-14-18(15-37)12-13-31-19)27-35-23-9-5-8-22(29)24(23)28(38)36(27)20-6-3-2-4-7-20/h2-9,12-14,16-17,37H,15H2,1H3,(H3,30,32,33,34). The highest BCUT2D eigenvalue weighted by Crippen LogP contribution is 2.26. The summed E-state index contributed by atoms with van der Waals surface area (Å²) in [6, 6.07) is 17.3. The summed E-state index contributed by atoms with van der Waals surface area (Å²) in [5.41, 5.74) is 8.52. The van der Waals surface area contributed by atoms with E-state index in [1.54, 1.807) is 36.5 Å². The van der Waals surface area contributed by atoms with Gasteiger partial charge in [0.2, 0.25) is 0 Å². The molecule has 0 saturated carbocycles. The van der Waals surface area contributed by atoms with Gasteiger partial charge in [-0.05, 0) is 54.8 Å². The van der Waals surface area contributed by atoms with Crippen molar-refractivity contribution in [3.05, 3.63) is 111 Å². The second-order valence-corrected chi connectivity index (χ2v) is 8.79. The maximum Gasteiger partial charge on any atom is 0.267 e. The Balaban J connectivity index is 1.60. The van der Waals surface area contributed by atoms with Gasteiger partial charge in [-0.2, -0.15) is 0 Å². The van der Waals surface area contributed by atoms with Gasteiger partial charge in [-0.25, -0.2) is 19.9 Å². The van der Waals surface area contributed by atoms with E-state index >= 15 is 0 Å².